The van der Waals surface area contributed by atoms with Crippen LogP contribution < -0.4 is 0 Å². The van der Waals surface area contributed by atoms with Crippen molar-refractivity contribution in [2.75, 3.05) is 0 Å². The Morgan fingerprint density at radius 1 is 1.31 bits per heavy atom. The Kier molecular flexibility index (Phi) is 6.29. The molecule has 4 radical (unpaired) electrons. The van der Waals surface area contributed by atoms with E-state index in [-0.39, 0.29) is 6.10 Å². The van der Waals surface area contributed by atoms with E-state index in [4.69, 9.17) is 10.00 Å². The minimum Gasteiger partial charge on any atom is -0.374 e. The first-order valence-corrected chi connectivity index (χ1v) is 5.21. The van der Waals surface area contributed by atoms with Gasteiger partial charge >= 0.3 is 0 Å². The fourth-order valence-corrected chi connectivity index (χ4v) is 1.18. The van der Waals surface area contributed by atoms with Gasteiger partial charge in [0.25, 0.3) is 0 Å². The number of nitriles is 1. The van der Waals surface area contributed by atoms with Crippen LogP contribution in [0.15, 0.2) is 30.3 Å². The fraction of sp³-hybridized carbons (Fsp3) is 0.214. The third kappa shape index (κ3) is 5.53. The zero-order valence-corrected chi connectivity index (χ0v) is 9.34. The van der Waals surface area contributed by atoms with Gasteiger partial charge < -0.3 is 4.74 Å². The lowest BCUT2D eigenvalue weighted by Gasteiger charge is -2.11. The van der Waals surface area contributed by atoms with Crippen LogP contribution in [0.2, 0.25) is 0 Å². The Labute approximate surface area is 97.9 Å². The van der Waals surface area contributed by atoms with E-state index >= 15 is 0 Å². The minimum atomic E-state index is 0.0450. The van der Waals surface area contributed by atoms with E-state index in [0.717, 1.165) is 5.56 Å². The predicted octanol–water partition coefficient (Wildman–Crippen LogP) is 2.93. The quantitative estimate of drug-likeness (QED) is 0.652. The first-order valence-electron chi connectivity index (χ1n) is 5.21. The molecule has 0 aliphatic heterocycles. The smallest absolute Gasteiger partial charge is 0.0720 e. The predicted molar refractivity (Wildman–Crippen MR) is 63.5 cm³/mol. The molecule has 0 aliphatic rings. The minimum absolute atomic E-state index is 0.0450. The summed E-state index contributed by atoms with van der Waals surface area (Å²) in [5.41, 5.74) is 1.16. The monoisotopic (exact) mass is 213 g/mol. The van der Waals surface area contributed by atoms with E-state index in [0.29, 0.717) is 6.61 Å². The number of rotatable bonds is 7. The van der Waals surface area contributed by atoms with Gasteiger partial charge in [0.05, 0.1) is 25.2 Å². The summed E-state index contributed by atoms with van der Waals surface area (Å²) in [6, 6.07) is 12.0. The highest BCUT2D eigenvalue weighted by Crippen LogP contribution is 2.07. The first kappa shape index (κ1) is 12.7. The van der Waals surface area contributed by atoms with Crippen molar-refractivity contribution in [1.82, 2.24) is 0 Å². The van der Waals surface area contributed by atoms with E-state index in [1.54, 1.807) is 6.42 Å². The van der Waals surface area contributed by atoms with Crippen LogP contribution in [0.4, 0.5) is 0 Å². The second-order valence-corrected chi connectivity index (χ2v) is 3.37. The topological polar surface area (TPSA) is 33.0 Å². The second kappa shape index (κ2) is 7.90. The second-order valence-electron chi connectivity index (χ2n) is 3.37. The van der Waals surface area contributed by atoms with E-state index in [9.17, 15) is 0 Å². The zero-order chi connectivity index (χ0) is 11.6. The Bertz CT molecular complexity index is 315. The van der Waals surface area contributed by atoms with Crippen molar-refractivity contribution in [3.05, 3.63) is 61.6 Å². The number of unbranched alkanes of at least 4 members (excludes halogenated alkanes) is 2. The zero-order valence-electron chi connectivity index (χ0n) is 9.34. The van der Waals surface area contributed by atoms with E-state index in [1.807, 2.05) is 56.2 Å². The van der Waals surface area contributed by atoms with E-state index < -0.39 is 0 Å². The summed E-state index contributed by atoms with van der Waals surface area (Å²) in [6.07, 6.45) is 6.90. The first-order chi connectivity index (χ1) is 7.83. The van der Waals surface area contributed by atoms with Gasteiger partial charge in [0.1, 0.15) is 0 Å². The SMILES string of the molecule is C[C@@H]([CH][CH][CH][CH]C#N)OCc1ccccc1. The molecule has 1 atom stereocenters. The van der Waals surface area contributed by atoms with E-state index in [2.05, 4.69) is 0 Å². The molecule has 0 N–H and O–H groups in total. The molecule has 0 bridgehead atoms. The summed E-state index contributed by atoms with van der Waals surface area (Å²) in [5.74, 6) is 0. The fourth-order valence-electron chi connectivity index (χ4n) is 1.18. The third-order valence-corrected chi connectivity index (χ3v) is 2.02. The molecule has 2 nitrogen and oxygen atoms in total. The van der Waals surface area contributed by atoms with Crippen LogP contribution in [-0.4, -0.2) is 6.10 Å². The number of hydrogen-bond acceptors (Lipinski definition) is 2. The van der Waals surface area contributed by atoms with Crippen LogP contribution in [0.1, 0.15) is 12.5 Å². The summed E-state index contributed by atoms with van der Waals surface area (Å²) in [6.45, 7) is 2.58. The van der Waals surface area contributed by atoms with Gasteiger partial charge in [-0.3, -0.25) is 0 Å². The Morgan fingerprint density at radius 2 is 2.06 bits per heavy atom. The molecule has 2 heteroatoms. The van der Waals surface area contributed by atoms with Crippen molar-refractivity contribution in [2.45, 2.75) is 19.6 Å². The van der Waals surface area contributed by atoms with Gasteiger partial charge in [-0.15, -0.1) is 0 Å². The number of nitrogens with zero attached hydrogens (tertiary/aromatic N) is 1. The molecule has 0 aromatic heterocycles. The average Bonchev–Trinajstić information content (AvgIpc) is 2.33. The maximum Gasteiger partial charge on any atom is 0.0720 e. The summed E-state index contributed by atoms with van der Waals surface area (Å²) in [4.78, 5) is 0. The average molecular weight is 213 g/mol. The highest BCUT2D eigenvalue weighted by atomic mass is 16.5. The van der Waals surface area contributed by atoms with Gasteiger partial charge in [0.15, 0.2) is 0 Å². The van der Waals surface area contributed by atoms with Gasteiger partial charge in [-0.05, 0) is 31.7 Å². The molecule has 0 fully saturated rings. The van der Waals surface area contributed by atoms with Gasteiger partial charge in [0.2, 0.25) is 0 Å². The van der Waals surface area contributed by atoms with E-state index in [1.165, 1.54) is 6.42 Å². The highest BCUT2D eigenvalue weighted by Gasteiger charge is 2.03. The molecule has 0 spiro atoms. The molecule has 16 heavy (non-hydrogen) atoms. The molecule has 0 saturated heterocycles. The van der Waals surface area contributed by atoms with Gasteiger partial charge in [0, 0.05) is 0 Å². The van der Waals surface area contributed by atoms with Crippen LogP contribution >= 0.6 is 0 Å². The van der Waals surface area contributed by atoms with Crippen molar-refractivity contribution in [1.29, 1.82) is 5.26 Å². The van der Waals surface area contributed by atoms with Crippen LogP contribution in [0.25, 0.3) is 0 Å². The lowest BCUT2D eigenvalue weighted by molar-refractivity contribution is 0.0755. The van der Waals surface area contributed by atoms with Gasteiger partial charge in [-0.2, -0.15) is 5.26 Å². The van der Waals surface area contributed by atoms with Crippen LogP contribution in [0.3, 0.4) is 0 Å². The highest BCUT2D eigenvalue weighted by molar-refractivity contribution is 5.15. The van der Waals surface area contributed by atoms with Crippen molar-refractivity contribution >= 4 is 0 Å². The molecular formula is C14H15NO. The molecular weight excluding hydrogens is 198 g/mol. The summed E-state index contributed by atoms with van der Waals surface area (Å²) in [7, 11) is 0. The molecule has 0 unspecified atom stereocenters. The standard InChI is InChI=1S/C14H15NO/c1-13(8-4-3-7-11-15)16-12-14-9-5-2-6-10-14/h2-10,13H,12H2,1H3/t13-/m0/s1. The van der Waals surface area contributed by atoms with Crippen molar-refractivity contribution in [3.63, 3.8) is 0 Å². The van der Waals surface area contributed by atoms with Crippen LogP contribution in [-0.2, 0) is 11.3 Å². The van der Waals surface area contributed by atoms with Crippen LogP contribution in [0, 0.1) is 37.0 Å². The Hall–Kier alpha value is -1.33. The summed E-state index contributed by atoms with van der Waals surface area (Å²) >= 11 is 0. The molecule has 1 aromatic carbocycles. The number of benzene rings is 1. The van der Waals surface area contributed by atoms with Gasteiger partial charge in [-0.1, -0.05) is 30.3 Å². The molecule has 1 rings (SSSR count). The maximum absolute atomic E-state index is 8.28. The summed E-state index contributed by atoms with van der Waals surface area (Å²) in [5, 5.41) is 8.28. The normalized spacial score (nSPS) is 12.0. The summed E-state index contributed by atoms with van der Waals surface area (Å²) < 4.78 is 5.60. The maximum atomic E-state index is 8.28. The Balaban J connectivity index is 2.11. The number of ether oxygens (including phenoxy) is 1. The Morgan fingerprint density at radius 3 is 2.75 bits per heavy atom. The lowest BCUT2D eigenvalue weighted by Crippen LogP contribution is -2.09. The van der Waals surface area contributed by atoms with Crippen molar-refractivity contribution in [3.8, 4) is 6.07 Å². The molecule has 0 saturated carbocycles. The lowest BCUT2D eigenvalue weighted by atomic mass is 10.1. The molecule has 1 aromatic rings. The molecule has 0 heterocycles. The van der Waals surface area contributed by atoms with Crippen molar-refractivity contribution in [2.24, 2.45) is 0 Å². The molecule has 0 amide bonds. The largest absolute Gasteiger partial charge is 0.374 e. The van der Waals surface area contributed by atoms with Crippen LogP contribution in [0.5, 0.6) is 0 Å². The molecule has 0 aliphatic carbocycles. The third-order valence-electron chi connectivity index (χ3n) is 2.02. The van der Waals surface area contributed by atoms with Crippen molar-refractivity contribution < 1.29 is 4.74 Å². The van der Waals surface area contributed by atoms with Gasteiger partial charge in [-0.25, -0.2) is 0 Å². The number of hydrogen-bond donors (Lipinski definition) is 0. The molecule has 82 valence electrons.